The molecule has 14 N–H and O–H groups in total. The van der Waals surface area contributed by atoms with Crippen LogP contribution in [0, 0.1) is 0 Å². The Balaban J connectivity index is 5.55. The van der Waals surface area contributed by atoms with Crippen LogP contribution in [0.1, 0.15) is 39.0 Å². The highest BCUT2D eigenvalue weighted by Crippen LogP contribution is 2.04. The number of guanidine groups is 1. The maximum atomic E-state index is 12.8. The number of nitrogens with zero attached hydrogens (tertiary/aromatic N) is 1. The SMILES string of the molecule is CC(O)C(N)C(=O)NC(CCC(N)=O)C(=O)NC(CC(=O)O)C(=O)NC(CCCN=C(N)N)C(=O)O. The van der Waals surface area contributed by atoms with Crippen molar-refractivity contribution >= 4 is 41.5 Å². The van der Waals surface area contributed by atoms with Gasteiger partial charge in [0.25, 0.3) is 0 Å². The van der Waals surface area contributed by atoms with Crippen LogP contribution in [0.4, 0.5) is 0 Å². The number of hydrogen-bond donors (Lipinski definition) is 10. The van der Waals surface area contributed by atoms with Crippen LogP contribution in [0.3, 0.4) is 0 Å². The summed E-state index contributed by atoms with van der Waals surface area (Å²) in [4.78, 5) is 75.2. The smallest absolute Gasteiger partial charge is 0.326 e. The molecule has 17 nitrogen and oxygen atoms in total. The fraction of sp³-hybridized carbons (Fsp3) is 0.632. The molecule has 0 spiro atoms. The monoisotopic (exact) mass is 518 g/mol. The van der Waals surface area contributed by atoms with Gasteiger partial charge >= 0.3 is 11.9 Å². The number of carbonyl (C=O) groups is 6. The standard InChI is InChI=1S/C19H34N8O9/c1-8(28)14(21)17(34)25-9(4-5-12(20)29)15(32)27-11(7-13(30)31)16(33)26-10(18(35)36)3-2-6-24-19(22)23/h8-11,14,28H,2-7,21H2,1H3,(H2,20,29)(H,25,34)(H,26,33)(H,27,32)(H,30,31)(H,35,36)(H4,22,23,24). The molecule has 0 aliphatic rings. The number of nitrogens with two attached hydrogens (primary N) is 4. The van der Waals surface area contributed by atoms with Crippen molar-refractivity contribution in [2.24, 2.45) is 27.9 Å². The van der Waals surface area contributed by atoms with Crippen molar-refractivity contribution in [2.75, 3.05) is 6.54 Å². The molecule has 5 atom stereocenters. The number of primary amides is 1. The van der Waals surface area contributed by atoms with E-state index in [-0.39, 0.29) is 38.2 Å². The minimum absolute atomic E-state index is 0.0765. The number of amides is 4. The second-order valence-electron chi connectivity index (χ2n) is 7.84. The van der Waals surface area contributed by atoms with Crippen LogP contribution < -0.4 is 38.9 Å². The summed E-state index contributed by atoms with van der Waals surface area (Å²) in [5.74, 6) is -7.09. The van der Waals surface area contributed by atoms with Crippen LogP contribution in [0.2, 0.25) is 0 Å². The first-order valence-electron chi connectivity index (χ1n) is 10.8. The first-order chi connectivity index (χ1) is 16.6. The third kappa shape index (κ3) is 13.0. The lowest BCUT2D eigenvalue weighted by molar-refractivity contribution is -0.143. The Labute approximate surface area is 206 Å². The van der Waals surface area contributed by atoms with Gasteiger partial charge in [0, 0.05) is 13.0 Å². The van der Waals surface area contributed by atoms with Crippen LogP contribution in [0.5, 0.6) is 0 Å². The summed E-state index contributed by atoms with van der Waals surface area (Å²) < 4.78 is 0. The van der Waals surface area contributed by atoms with Crippen LogP contribution in [0.15, 0.2) is 4.99 Å². The van der Waals surface area contributed by atoms with Gasteiger partial charge < -0.3 is 54.2 Å². The summed E-state index contributed by atoms with van der Waals surface area (Å²) in [6, 6.07) is -6.10. The van der Waals surface area contributed by atoms with E-state index in [1.54, 1.807) is 0 Å². The van der Waals surface area contributed by atoms with Crippen molar-refractivity contribution in [1.29, 1.82) is 0 Å². The molecule has 0 fully saturated rings. The molecular weight excluding hydrogens is 484 g/mol. The first kappa shape index (κ1) is 32.0. The highest BCUT2D eigenvalue weighted by atomic mass is 16.4. The zero-order valence-electron chi connectivity index (χ0n) is 19.7. The molecule has 204 valence electrons. The summed E-state index contributed by atoms with van der Waals surface area (Å²) in [5, 5.41) is 34.4. The Hall–Kier alpha value is -3.99. The average molecular weight is 519 g/mol. The molecule has 36 heavy (non-hydrogen) atoms. The van der Waals surface area contributed by atoms with E-state index in [1.807, 2.05) is 0 Å². The van der Waals surface area contributed by atoms with Gasteiger partial charge in [-0.15, -0.1) is 0 Å². The number of aliphatic hydroxyl groups is 1. The van der Waals surface area contributed by atoms with Gasteiger partial charge in [-0.1, -0.05) is 0 Å². The van der Waals surface area contributed by atoms with Crippen LogP contribution >= 0.6 is 0 Å². The summed E-state index contributed by atoms with van der Waals surface area (Å²) >= 11 is 0. The lowest BCUT2D eigenvalue weighted by Gasteiger charge is -2.25. The predicted molar refractivity (Wildman–Crippen MR) is 124 cm³/mol. The molecule has 0 radical (unpaired) electrons. The Morgan fingerprint density at radius 2 is 1.36 bits per heavy atom. The van der Waals surface area contributed by atoms with E-state index in [4.69, 9.17) is 28.0 Å². The topological polar surface area (TPSA) is 316 Å². The highest BCUT2D eigenvalue weighted by molar-refractivity contribution is 5.95. The van der Waals surface area contributed by atoms with E-state index in [2.05, 4.69) is 20.9 Å². The second kappa shape index (κ2) is 15.8. The lowest BCUT2D eigenvalue weighted by Crippen LogP contribution is -2.58. The largest absolute Gasteiger partial charge is 0.481 e. The van der Waals surface area contributed by atoms with Gasteiger partial charge in [0.1, 0.15) is 24.2 Å². The lowest BCUT2D eigenvalue weighted by atomic mass is 10.1. The van der Waals surface area contributed by atoms with E-state index in [1.165, 1.54) is 6.92 Å². The fourth-order valence-corrected chi connectivity index (χ4v) is 2.73. The Morgan fingerprint density at radius 3 is 1.83 bits per heavy atom. The van der Waals surface area contributed by atoms with Crippen molar-refractivity contribution in [3.8, 4) is 0 Å². The van der Waals surface area contributed by atoms with Gasteiger partial charge in [0.2, 0.25) is 23.6 Å². The number of rotatable bonds is 17. The van der Waals surface area contributed by atoms with Crippen LogP contribution in [-0.4, -0.2) is 93.7 Å². The van der Waals surface area contributed by atoms with Gasteiger partial charge in [-0.05, 0) is 26.2 Å². The molecule has 0 rings (SSSR count). The number of carboxylic acid groups (broad SMARTS) is 2. The maximum absolute atomic E-state index is 12.8. The molecule has 0 aliphatic heterocycles. The molecule has 4 amide bonds. The molecule has 0 aromatic rings. The van der Waals surface area contributed by atoms with Crippen molar-refractivity contribution in [3.63, 3.8) is 0 Å². The molecular formula is C19H34N8O9. The molecule has 0 bridgehead atoms. The Morgan fingerprint density at radius 1 is 0.833 bits per heavy atom. The summed E-state index contributed by atoms with van der Waals surface area (Å²) in [5.41, 5.74) is 21.0. The van der Waals surface area contributed by atoms with Crippen molar-refractivity contribution in [1.82, 2.24) is 16.0 Å². The number of aliphatic carboxylic acids is 2. The third-order valence-corrected chi connectivity index (χ3v) is 4.71. The zero-order valence-corrected chi connectivity index (χ0v) is 19.7. The number of nitrogens with one attached hydrogen (secondary N) is 3. The zero-order chi connectivity index (χ0) is 28.0. The van der Waals surface area contributed by atoms with E-state index in [0.717, 1.165) is 0 Å². The van der Waals surface area contributed by atoms with E-state index >= 15 is 0 Å². The molecule has 0 saturated carbocycles. The van der Waals surface area contributed by atoms with Crippen molar-refractivity contribution in [3.05, 3.63) is 0 Å². The molecule has 0 saturated heterocycles. The van der Waals surface area contributed by atoms with Gasteiger partial charge in [0.05, 0.1) is 12.5 Å². The Bertz CT molecular complexity index is 845. The summed E-state index contributed by atoms with van der Waals surface area (Å²) in [7, 11) is 0. The average Bonchev–Trinajstić information content (AvgIpc) is 2.76. The molecule has 5 unspecified atom stereocenters. The van der Waals surface area contributed by atoms with Crippen LogP contribution in [0.25, 0.3) is 0 Å². The van der Waals surface area contributed by atoms with Gasteiger partial charge in [0.15, 0.2) is 5.96 Å². The van der Waals surface area contributed by atoms with Crippen molar-refractivity contribution in [2.45, 2.75) is 69.3 Å². The van der Waals surface area contributed by atoms with Crippen molar-refractivity contribution < 1.29 is 44.1 Å². The maximum Gasteiger partial charge on any atom is 0.326 e. The normalized spacial score (nSPS) is 14.8. The highest BCUT2D eigenvalue weighted by Gasteiger charge is 2.32. The number of carbonyl (C=O) groups excluding carboxylic acids is 4. The fourth-order valence-electron chi connectivity index (χ4n) is 2.73. The van der Waals surface area contributed by atoms with E-state index in [0.29, 0.717) is 0 Å². The quantitative estimate of drug-likeness (QED) is 0.0491. The summed E-state index contributed by atoms with van der Waals surface area (Å²) in [6.07, 6.45) is -2.86. The first-order valence-corrected chi connectivity index (χ1v) is 10.8. The van der Waals surface area contributed by atoms with E-state index in [9.17, 15) is 39.0 Å². The summed E-state index contributed by atoms with van der Waals surface area (Å²) in [6.45, 7) is 1.30. The molecule has 0 aliphatic carbocycles. The van der Waals surface area contributed by atoms with Gasteiger partial charge in [-0.3, -0.25) is 29.0 Å². The Kier molecular flexibility index (Phi) is 14.1. The van der Waals surface area contributed by atoms with Gasteiger partial charge in [-0.2, -0.15) is 0 Å². The van der Waals surface area contributed by atoms with E-state index < -0.39 is 72.3 Å². The van der Waals surface area contributed by atoms with Crippen LogP contribution in [-0.2, 0) is 28.8 Å². The second-order valence-corrected chi connectivity index (χ2v) is 7.84. The minimum atomic E-state index is -1.74. The number of hydrogen-bond acceptors (Lipinski definition) is 9. The minimum Gasteiger partial charge on any atom is -0.481 e. The molecule has 0 heterocycles. The molecule has 0 aromatic heterocycles. The number of carboxylic acids is 2. The third-order valence-electron chi connectivity index (χ3n) is 4.71. The van der Waals surface area contributed by atoms with Gasteiger partial charge in [-0.25, -0.2) is 4.79 Å². The molecule has 17 heteroatoms. The predicted octanol–water partition coefficient (Wildman–Crippen LogP) is -4.97. The number of aliphatic imine (C=N–C) groups is 1. The molecule has 0 aromatic carbocycles. The number of aliphatic hydroxyl groups excluding tert-OH is 1.